The molecule has 0 amide bonds. The van der Waals surface area contributed by atoms with E-state index in [1.54, 1.807) is 0 Å². The Kier molecular flexibility index (Phi) is 4.16. The number of nitrogens with zero attached hydrogens (tertiary/aromatic N) is 2. The fraction of sp³-hybridized carbons (Fsp3) is 0.267. The zero-order valence-electron chi connectivity index (χ0n) is 10.6. The van der Waals surface area contributed by atoms with E-state index < -0.39 is 0 Å². The van der Waals surface area contributed by atoms with Crippen molar-refractivity contribution in [3.8, 4) is 6.07 Å². The molecule has 1 aromatic heterocycles. The third kappa shape index (κ3) is 2.79. The third-order valence-corrected chi connectivity index (χ3v) is 2.96. The van der Waals surface area contributed by atoms with Gasteiger partial charge in [0.05, 0.1) is 11.6 Å². The van der Waals surface area contributed by atoms with Gasteiger partial charge in [-0.05, 0) is 30.3 Å². The lowest BCUT2D eigenvalue weighted by Gasteiger charge is -2.10. The molecule has 3 nitrogen and oxygen atoms in total. The zero-order valence-corrected chi connectivity index (χ0v) is 10.6. The summed E-state index contributed by atoms with van der Waals surface area (Å²) in [5.41, 5.74) is 3.05. The van der Waals surface area contributed by atoms with E-state index in [4.69, 9.17) is 5.26 Å². The van der Waals surface area contributed by atoms with Gasteiger partial charge in [0.15, 0.2) is 0 Å². The van der Waals surface area contributed by atoms with Gasteiger partial charge in [0.25, 0.3) is 0 Å². The van der Waals surface area contributed by atoms with Crippen LogP contribution in [0.5, 0.6) is 0 Å². The van der Waals surface area contributed by atoms with Crippen LogP contribution in [0.2, 0.25) is 0 Å². The van der Waals surface area contributed by atoms with Crippen LogP contribution in [0.1, 0.15) is 23.7 Å². The summed E-state index contributed by atoms with van der Waals surface area (Å²) in [6.07, 6.45) is 2.06. The summed E-state index contributed by atoms with van der Waals surface area (Å²) in [5, 5.41) is 12.4. The maximum absolute atomic E-state index is 9.09. The summed E-state index contributed by atoms with van der Waals surface area (Å²) in [7, 11) is 0. The highest BCUT2D eigenvalue weighted by atomic mass is 15.0. The first-order chi connectivity index (χ1) is 8.85. The quantitative estimate of drug-likeness (QED) is 0.871. The van der Waals surface area contributed by atoms with E-state index in [2.05, 4.69) is 35.1 Å². The Morgan fingerprint density at radius 3 is 2.83 bits per heavy atom. The second-order valence-corrected chi connectivity index (χ2v) is 4.18. The molecule has 2 rings (SSSR count). The normalized spacial score (nSPS) is 10.2. The third-order valence-electron chi connectivity index (χ3n) is 2.96. The van der Waals surface area contributed by atoms with Gasteiger partial charge in [0.1, 0.15) is 0 Å². The lowest BCUT2D eigenvalue weighted by atomic mass is 10.1. The standard InChI is InChI=1S/C15H17N3/c1-2-17-11-15-8-5-9-18(15)12-14-7-4-3-6-13(14)10-16/h3-9,17H,2,11-12H2,1H3. The van der Waals surface area contributed by atoms with E-state index in [0.717, 1.165) is 30.8 Å². The van der Waals surface area contributed by atoms with Crippen LogP contribution in [0.4, 0.5) is 0 Å². The largest absolute Gasteiger partial charge is 0.346 e. The summed E-state index contributed by atoms with van der Waals surface area (Å²) in [6.45, 7) is 4.66. The molecule has 0 saturated carbocycles. The van der Waals surface area contributed by atoms with Gasteiger partial charge in [0.2, 0.25) is 0 Å². The van der Waals surface area contributed by atoms with E-state index in [1.165, 1.54) is 5.69 Å². The number of rotatable bonds is 5. The molecule has 0 aliphatic carbocycles. The maximum atomic E-state index is 9.09. The van der Waals surface area contributed by atoms with Crippen LogP contribution in [0, 0.1) is 11.3 Å². The van der Waals surface area contributed by atoms with Crippen LogP contribution >= 0.6 is 0 Å². The number of aromatic nitrogens is 1. The van der Waals surface area contributed by atoms with Crippen LogP contribution in [0.3, 0.4) is 0 Å². The van der Waals surface area contributed by atoms with Gasteiger partial charge < -0.3 is 9.88 Å². The van der Waals surface area contributed by atoms with Crippen LogP contribution < -0.4 is 5.32 Å². The highest BCUT2D eigenvalue weighted by molar-refractivity contribution is 5.37. The number of hydrogen-bond donors (Lipinski definition) is 1. The van der Waals surface area contributed by atoms with Crippen molar-refractivity contribution in [2.75, 3.05) is 6.54 Å². The molecule has 3 heteroatoms. The molecule has 2 aromatic rings. The molecule has 0 atom stereocenters. The van der Waals surface area contributed by atoms with Crippen molar-refractivity contribution in [3.63, 3.8) is 0 Å². The molecule has 0 radical (unpaired) electrons. The van der Waals surface area contributed by atoms with Gasteiger partial charge in [-0.1, -0.05) is 25.1 Å². The summed E-state index contributed by atoms with van der Waals surface area (Å²) < 4.78 is 2.18. The zero-order chi connectivity index (χ0) is 12.8. The Bertz CT molecular complexity index is 549. The summed E-state index contributed by atoms with van der Waals surface area (Å²) in [4.78, 5) is 0. The smallest absolute Gasteiger partial charge is 0.0995 e. The Hall–Kier alpha value is -2.05. The molecule has 0 spiro atoms. The molecule has 0 fully saturated rings. The first kappa shape index (κ1) is 12.4. The monoisotopic (exact) mass is 239 g/mol. The molecule has 0 aliphatic rings. The predicted molar refractivity (Wildman–Crippen MR) is 72.1 cm³/mol. The van der Waals surface area contributed by atoms with E-state index in [1.807, 2.05) is 30.3 Å². The fourth-order valence-corrected chi connectivity index (χ4v) is 1.97. The van der Waals surface area contributed by atoms with E-state index in [-0.39, 0.29) is 0 Å². The van der Waals surface area contributed by atoms with Crippen molar-refractivity contribution < 1.29 is 0 Å². The summed E-state index contributed by atoms with van der Waals surface area (Å²) >= 11 is 0. The Morgan fingerprint density at radius 2 is 2.06 bits per heavy atom. The highest BCUT2D eigenvalue weighted by Gasteiger charge is 2.04. The van der Waals surface area contributed by atoms with Crippen molar-refractivity contribution >= 4 is 0 Å². The molecular weight excluding hydrogens is 222 g/mol. The minimum absolute atomic E-state index is 0.747. The van der Waals surface area contributed by atoms with Crippen LogP contribution in [0.15, 0.2) is 42.6 Å². The first-order valence-electron chi connectivity index (χ1n) is 6.18. The van der Waals surface area contributed by atoms with Crippen molar-refractivity contribution in [3.05, 3.63) is 59.4 Å². The topological polar surface area (TPSA) is 40.8 Å². The van der Waals surface area contributed by atoms with Crippen molar-refractivity contribution in [2.45, 2.75) is 20.0 Å². The second-order valence-electron chi connectivity index (χ2n) is 4.18. The Morgan fingerprint density at radius 1 is 1.22 bits per heavy atom. The van der Waals surface area contributed by atoms with Gasteiger partial charge in [-0.15, -0.1) is 0 Å². The van der Waals surface area contributed by atoms with Crippen LogP contribution in [-0.2, 0) is 13.1 Å². The molecule has 0 bridgehead atoms. The summed E-state index contributed by atoms with van der Waals surface area (Å²) in [6, 6.07) is 14.1. The lowest BCUT2D eigenvalue weighted by molar-refractivity contribution is 0.657. The van der Waals surface area contributed by atoms with Gasteiger partial charge >= 0.3 is 0 Å². The molecule has 0 saturated heterocycles. The average Bonchev–Trinajstić information content (AvgIpc) is 2.84. The lowest BCUT2D eigenvalue weighted by Crippen LogP contribution is -2.15. The van der Waals surface area contributed by atoms with E-state index in [9.17, 15) is 0 Å². The molecule has 18 heavy (non-hydrogen) atoms. The maximum Gasteiger partial charge on any atom is 0.0995 e. The number of hydrogen-bond acceptors (Lipinski definition) is 2. The molecule has 1 heterocycles. The number of nitrogens with one attached hydrogen (secondary N) is 1. The van der Waals surface area contributed by atoms with Crippen molar-refractivity contribution in [2.24, 2.45) is 0 Å². The van der Waals surface area contributed by atoms with Crippen LogP contribution in [0.25, 0.3) is 0 Å². The van der Waals surface area contributed by atoms with Gasteiger partial charge in [-0.3, -0.25) is 0 Å². The van der Waals surface area contributed by atoms with Gasteiger partial charge in [-0.25, -0.2) is 0 Å². The molecular formula is C15H17N3. The molecule has 0 aliphatic heterocycles. The predicted octanol–water partition coefficient (Wildman–Crippen LogP) is 2.52. The highest BCUT2D eigenvalue weighted by Crippen LogP contribution is 2.12. The molecule has 1 aromatic carbocycles. The molecule has 92 valence electrons. The molecule has 1 N–H and O–H groups in total. The molecule has 0 unspecified atom stereocenters. The van der Waals surface area contributed by atoms with Crippen molar-refractivity contribution in [1.29, 1.82) is 5.26 Å². The summed E-state index contributed by atoms with van der Waals surface area (Å²) in [5.74, 6) is 0. The fourth-order valence-electron chi connectivity index (χ4n) is 1.97. The van der Waals surface area contributed by atoms with Crippen molar-refractivity contribution in [1.82, 2.24) is 9.88 Å². The minimum Gasteiger partial charge on any atom is -0.346 e. The van der Waals surface area contributed by atoms with E-state index >= 15 is 0 Å². The van der Waals surface area contributed by atoms with E-state index in [0.29, 0.717) is 0 Å². The SMILES string of the molecule is CCNCc1cccn1Cc1ccccc1C#N. The van der Waals surface area contributed by atoms with Gasteiger partial charge in [0, 0.05) is 25.0 Å². The van der Waals surface area contributed by atoms with Crippen LogP contribution in [-0.4, -0.2) is 11.1 Å². The average molecular weight is 239 g/mol. The number of benzene rings is 1. The Balaban J connectivity index is 2.19. The minimum atomic E-state index is 0.747. The van der Waals surface area contributed by atoms with Gasteiger partial charge in [-0.2, -0.15) is 5.26 Å². The second kappa shape index (κ2) is 6.04. The number of nitriles is 1. The first-order valence-corrected chi connectivity index (χ1v) is 6.18. The Labute approximate surface area is 108 Å².